The van der Waals surface area contributed by atoms with Gasteiger partial charge in [-0.3, -0.25) is 0 Å². The predicted molar refractivity (Wildman–Crippen MR) is 97.1 cm³/mol. The zero-order chi connectivity index (χ0) is 15.8. The summed E-state index contributed by atoms with van der Waals surface area (Å²) < 4.78 is 0. The van der Waals surface area contributed by atoms with E-state index in [0.29, 0.717) is 0 Å². The normalized spacial score (nSPS) is 25.3. The fourth-order valence-electron chi connectivity index (χ4n) is 4.53. The Morgan fingerprint density at radius 1 is 1.22 bits per heavy atom. The van der Waals surface area contributed by atoms with Crippen molar-refractivity contribution < 1.29 is 0 Å². The van der Waals surface area contributed by atoms with Crippen LogP contribution >= 0.6 is 0 Å². The van der Waals surface area contributed by atoms with E-state index in [1.807, 2.05) is 0 Å². The fraction of sp³-hybridized carbons (Fsp3) is 0.600. The van der Waals surface area contributed by atoms with Crippen molar-refractivity contribution in [1.82, 2.24) is 14.8 Å². The van der Waals surface area contributed by atoms with Gasteiger partial charge in [0.15, 0.2) is 0 Å². The first-order chi connectivity index (χ1) is 11.2. The zero-order valence-electron chi connectivity index (χ0n) is 14.5. The van der Waals surface area contributed by atoms with Crippen molar-refractivity contribution >= 4 is 10.9 Å². The van der Waals surface area contributed by atoms with Gasteiger partial charge in [-0.2, -0.15) is 0 Å². The Balaban J connectivity index is 1.56. The van der Waals surface area contributed by atoms with Crippen LogP contribution in [-0.2, 0) is 6.42 Å². The lowest BCUT2D eigenvalue weighted by Gasteiger charge is -2.35. The summed E-state index contributed by atoms with van der Waals surface area (Å²) in [6.07, 6.45) is 8.84. The largest absolute Gasteiger partial charge is 0.361 e. The standard InChI is InChI=1S/C20H29N3/c1-22(2)10-7-17-14-21-20-6-5-15(13-19(17)20)16-8-11-23-9-3-4-18(23)12-16/h5-6,13-14,16,18,21H,3-4,7-12H2,1-2H3/t16-,18+/m1/s1. The zero-order valence-corrected chi connectivity index (χ0v) is 14.5. The Kier molecular flexibility index (Phi) is 4.16. The second kappa shape index (κ2) is 6.29. The minimum atomic E-state index is 0.760. The van der Waals surface area contributed by atoms with E-state index in [9.17, 15) is 0 Å². The van der Waals surface area contributed by atoms with Crippen LogP contribution in [0.3, 0.4) is 0 Å². The summed E-state index contributed by atoms with van der Waals surface area (Å²) in [7, 11) is 4.30. The highest BCUT2D eigenvalue weighted by atomic mass is 15.2. The van der Waals surface area contributed by atoms with Crippen LogP contribution in [0.5, 0.6) is 0 Å². The molecule has 0 radical (unpaired) electrons. The molecule has 0 bridgehead atoms. The highest BCUT2D eigenvalue weighted by molar-refractivity contribution is 5.84. The topological polar surface area (TPSA) is 22.3 Å². The number of likely N-dealkylation sites (N-methyl/N-ethyl adjacent to an activating group) is 1. The van der Waals surface area contributed by atoms with Crippen molar-refractivity contribution in [1.29, 1.82) is 0 Å². The van der Waals surface area contributed by atoms with E-state index >= 15 is 0 Å². The lowest BCUT2D eigenvalue weighted by Crippen LogP contribution is -2.37. The summed E-state index contributed by atoms with van der Waals surface area (Å²) in [5.41, 5.74) is 4.32. The lowest BCUT2D eigenvalue weighted by molar-refractivity contribution is 0.181. The molecule has 0 aliphatic carbocycles. The molecule has 1 aromatic carbocycles. The number of aromatic nitrogens is 1. The van der Waals surface area contributed by atoms with E-state index < -0.39 is 0 Å². The van der Waals surface area contributed by atoms with Gasteiger partial charge in [-0.05, 0) is 88.5 Å². The van der Waals surface area contributed by atoms with Gasteiger partial charge in [-0.15, -0.1) is 0 Å². The Labute approximate surface area is 139 Å². The number of fused-ring (bicyclic) bond motifs is 2. The van der Waals surface area contributed by atoms with Crippen LogP contribution in [0.2, 0.25) is 0 Å². The molecule has 2 aromatic rings. The van der Waals surface area contributed by atoms with Crippen molar-refractivity contribution in [2.45, 2.75) is 44.1 Å². The van der Waals surface area contributed by atoms with E-state index in [4.69, 9.17) is 0 Å². The molecule has 1 N–H and O–H groups in total. The van der Waals surface area contributed by atoms with Crippen LogP contribution in [-0.4, -0.2) is 54.6 Å². The number of hydrogen-bond donors (Lipinski definition) is 1. The lowest BCUT2D eigenvalue weighted by atomic mass is 9.85. The summed E-state index contributed by atoms with van der Waals surface area (Å²) in [5, 5.41) is 1.44. The molecule has 2 atom stereocenters. The number of benzene rings is 1. The number of H-pyrrole nitrogens is 1. The monoisotopic (exact) mass is 311 g/mol. The van der Waals surface area contributed by atoms with Crippen molar-refractivity contribution in [2.24, 2.45) is 0 Å². The number of hydrogen-bond acceptors (Lipinski definition) is 2. The van der Waals surface area contributed by atoms with Crippen molar-refractivity contribution in [3.63, 3.8) is 0 Å². The molecular formula is C20H29N3. The van der Waals surface area contributed by atoms with E-state index in [-0.39, 0.29) is 0 Å². The molecule has 124 valence electrons. The molecular weight excluding hydrogens is 282 g/mol. The van der Waals surface area contributed by atoms with Gasteiger partial charge in [-0.25, -0.2) is 0 Å². The van der Waals surface area contributed by atoms with Gasteiger partial charge in [0.1, 0.15) is 0 Å². The van der Waals surface area contributed by atoms with Crippen molar-refractivity contribution in [3.8, 4) is 0 Å². The maximum absolute atomic E-state index is 3.45. The molecule has 1 aromatic heterocycles. The Morgan fingerprint density at radius 3 is 3.00 bits per heavy atom. The third-order valence-electron chi connectivity index (χ3n) is 5.91. The molecule has 2 aliphatic rings. The summed E-state index contributed by atoms with van der Waals surface area (Å²) >= 11 is 0. The van der Waals surface area contributed by atoms with Gasteiger partial charge in [-0.1, -0.05) is 6.07 Å². The maximum Gasteiger partial charge on any atom is 0.0456 e. The minimum absolute atomic E-state index is 0.760. The molecule has 0 amide bonds. The van der Waals surface area contributed by atoms with Crippen LogP contribution in [0.25, 0.3) is 10.9 Å². The quantitative estimate of drug-likeness (QED) is 0.932. The Bertz CT molecular complexity index is 673. The second-order valence-electron chi connectivity index (χ2n) is 7.73. The predicted octanol–water partition coefficient (Wildman–Crippen LogP) is 3.61. The van der Waals surface area contributed by atoms with Gasteiger partial charge >= 0.3 is 0 Å². The number of piperidine rings is 1. The first-order valence-corrected chi connectivity index (χ1v) is 9.19. The summed E-state index contributed by atoms with van der Waals surface area (Å²) in [4.78, 5) is 8.43. The van der Waals surface area contributed by atoms with E-state index in [0.717, 1.165) is 24.9 Å². The first kappa shape index (κ1) is 15.2. The maximum atomic E-state index is 3.45. The van der Waals surface area contributed by atoms with E-state index in [1.165, 1.54) is 55.2 Å². The molecule has 3 heterocycles. The number of rotatable bonds is 4. The summed E-state index contributed by atoms with van der Waals surface area (Å²) in [6.45, 7) is 3.74. The van der Waals surface area contributed by atoms with Gasteiger partial charge < -0.3 is 14.8 Å². The van der Waals surface area contributed by atoms with Crippen molar-refractivity contribution in [3.05, 3.63) is 35.5 Å². The summed E-state index contributed by atoms with van der Waals surface area (Å²) in [5.74, 6) is 0.760. The highest BCUT2D eigenvalue weighted by Gasteiger charge is 2.32. The molecule has 0 unspecified atom stereocenters. The van der Waals surface area contributed by atoms with Gasteiger partial charge in [0.25, 0.3) is 0 Å². The van der Waals surface area contributed by atoms with Crippen LogP contribution in [0.4, 0.5) is 0 Å². The smallest absolute Gasteiger partial charge is 0.0456 e. The second-order valence-corrected chi connectivity index (χ2v) is 7.73. The molecule has 0 saturated carbocycles. The number of nitrogens with one attached hydrogen (secondary N) is 1. The van der Waals surface area contributed by atoms with Crippen molar-refractivity contribution in [2.75, 3.05) is 33.7 Å². The molecule has 3 heteroatoms. The molecule has 0 spiro atoms. The van der Waals surface area contributed by atoms with Crippen LogP contribution in [0, 0.1) is 0 Å². The van der Waals surface area contributed by atoms with Gasteiger partial charge in [0, 0.05) is 29.7 Å². The summed E-state index contributed by atoms with van der Waals surface area (Å²) in [6, 6.07) is 7.99. The van der Waals surface area contributed by atoms with Crippen LogP contribution in [0.15, 0.2) is 24.4 Å². The first-order valence-electron chi connectivity index (χ1n) is 9.19. The van der Waals surface area contributed by atoms with Crippen LogP contribution in [0.1, 0.15) is 42.7 Å². The SMILES string of the molecule is CN(C)CCc1c[nH]c2ccc([C@@H]3CCN4CCC[C@H]4C3)cc12. The van der Waals surface area contributed by atoms with E-state index in [2.05, 4.69) is 53.3 Å². The molecule has 2 aliphatic heterocycles. The highest BCUT2D eigenvalue weighted by Crippen LogP contribution is 2.37. The molecule has 2 fully saturated rings. The van der Waals surface area contributed by atoms with Gasteiger partial charge in [0.2, 0.25) is 0 Å². The molecule has 4 rings (SSSR count). The fourth-order valence-corrected chi connectivity index (χ4v) is 4.53. The number of aromatic amines is 1. The third-order valence-corrected chi connectivity index (χ3v) is 5.91. The average molecular weight is 311 g/mol. The molecule has 3 nitrogen and oxygen atoms in total. The third kappa shape index (κ3) is 3.05. The van der Waals surface area contributed by atoms with Crippen LogP contribution < -0.4 is 0 Å². The Hall–Kier alpha value is -1.32. The number of nitrogens with zero attached hydrogens (tertiary/aromatic N) is 2. The minimum Gasteiger partial charge on any atom is -0.361 e. The van der Waals surface area contributed by atoms with E-state index in [1.54, 1.807) is 5.56 Å². The van der Waals surface area contributed by atoms with Gasteiger partial charge in [0.05, 0.1) is 0 Å². The molecule has 23 heavy (non-hydrogen) atoms. The average Bonchev–Trinajstić information content (AvgIpc) is 3.18. The Morgan fingerprint density at radius 2 is 2.13 bits per heavy atom. The molecule has 2 saturated heterocycles.